The minimum atomic E-state index is -0.111. The molecule has 0 spiro atoms. The van der Waals surface area contributed by atoms with Gasteiger partial charge in [0.2, 0.25) is 0 Å². The van der Waals surface area contributed by atoms with Crippen molar-refractivity contribution in [1.82, 2.24) is 19.7 Å². The summed E-state index contributed by atoms with van der Waals surface area (Å²) in [5, 5.41) is 7.44. The van der Waals surface area contributed by atoms with Crippen LogP contribution in [0, 0.1) is 20.8 Å². The van der Waals surface area contributed by atoms with Gasteiger partial charge in [-0.25, -0.2) is 0 Å². The van der Waals surface area contributed by atoms with E-state index in [1.54, 1.807) is 6.26 Å². The highest BCUT2D eigenvalue weighted by atomic mass is 16.3. The van der Waals surface area contributed by atoms with Crippen molar-refractivity contribution in [3.63, 3.8) is 0 Å². The zero-order valence-electron chi connectivity index (χ0n) is 16.4. The maximum Gasteiger partial charge on any atom is 0.268 e. The minimum Gasteiger partial charge on any atom is -0.463 e. The van der Waals surface area contributed by atoms with Crippen molar-refractivity contribution < 1.29 is 9.21 Å². The zero-order chi connectivity index (χ0) is 19.7. The van der Waals surface area contributed by atoms with E-state index in [9.17, 15) is 4.79 Å². The number of carbonyl (C=O) groups is 1. The number of furan rings is 1. The second kappa shape index (κ2) is 7.38. The first kappa shape index (κ1) is 18.1. The number of amides is 1. The molecule has 28 heavy (non-hydrogen) atoms. The van der Waals surface area contributed by atoms with Gasteiger partial charge >= 0.3 is 0 Å². The second-order valence-corrected chi connectivity index (χ2v) is 7.18. The standard InChI is InChI=1S/C22H24N4O2/c1-15-4-6-18(7-5-15)14-25-19-8-11-28-21(19)13-20(25)22(27)23-9-10-26-17(3)12-16(2)24-26/h4-8,11-13H,9-10,14H2,1-3H3,(H,23,27). The molecule has 4 rings (SSSR count). The van der Waals surface area contributed by atoms with E-state index < -0.39 is 0 Å². The summed E-state index contributed by atoms with van der Waals surface area (Å²) in [6, 6.07) is 14.1. The van der Waals surface area contributed by atoms with Gasteiger partial charge in [0, 0.05) is 30.9 Å². The van der Waals surface area contributed by atoms with E-state index in [-0.39, 0.29) is 5.91 Å². The Kier molecular flexibility index (Phi) is 4.77. The van der Waals surface area contributed by atoms with Gasteiger partial charge in [-0.15, -0.1) is 0 Å². The van der Waals surface area contributed by atoms with Crippen molar-refractivity contribution in [2.75, 3.05) is 6.54 Å². The van der Waals surface area contributed by atoms with Gasteiger partial charge in [0.15, 0.2) is 5.58 Å². The third-order valence-electron chi connectivity index (χ3n) is 4.93. The van der Waals surface area contributed by atoms with Crippen LogP contribution in [0.1, 0.15) is 33.0 Å². The molecule has 0 saturated heterocycles. The van der Waals surface area contributed by atoms with E-state index >= 15 is 0 Å². The third-order valence-corrected chi connectivity index (χ3v) is 4.93. The minimum absolute atomic E-state index is 0.111. The number of nitrogens with one attached hydrogen (secondary N) is 1. The lowest BCUT2D eigenvalue weighted by Gasteiger charge is -2.11. The normalized spacial score (nSPS) is 11.2. The molecule has 4 aromatic rings. The van der Waals surface area contributed by atoms with E-state index in [1.165, 1.54) is 5.56 Å². The van der Waals surface area contributed by atoms with E-state index in [0.717, 1.165) is 28.1 Å². The smallest absolute Gasteiger partial charge is 0.268 e. The summed E-state index contributed by atoms with van der Waals surface area (Å²) in [4.78, 5) is 12.9. The van der Waals surface area contributed by atoms with Gasteiger partial charge in [0.1, 0.15) is 5.69 Å². The van der Waals surface area contributed by atoms with Gasteiger partial charge in [0.25, 0.3) is 5.91 Å². The van der Waals surface area contributed by atoms with Crippen LogP contribution in [0.15, 0.2) is 53.1 Å². The SMILES string of the molecule is Cc1ccc(Cn2c(C(=O)NCCn3nc(C)cc3C)cc3occc32)cc1. The molecule has 0 saturated carbocycles. The largest absolute Gasteiger partial charge is 0.463 e. The van der Waals surface area contributed by atoms with Crippen LogP contribution in [0.3, 0.4) is 0 Å². The van der Waals surface area contributed by atoms with Crippen LogP contribution < -0.4 is 5.32 Å². The van der Waals surface area contributed by atoms with Crippen molar-refractivity contribution >= 4 is 17.0 Å². The molecule has 0 fully saturated rings. The Morgan fingerprint density at radius 3 is 2.61 bits per heavy atom. The Bertz CT molecular complexity index is 1120. The first-order chi connectivity index (χ1) is 13.5. The molecule has 1 amide bonds. The fraction of sp³-hybridized carbons (Fsp3) is 0.273. The van der Waals surface area contributed by atoms with Gasteiger partial charge in [-0.1, -0.05) is 29.8 Å². The first-order valence-corrected chi connectivity index (χ1v) is 9.43. The van der Waals surface area contributed by atoms with Crippen LogP contribution in [-0.2, 0) is 13.1 Å². The van der Waals surface area contributed by atoms with Gasteiger partial charge in [-0.05, 0) is 32.4 Å². The number of benzene rings is 1. The van der Waals surface area contributed by atoms with Crippen molar-refractivity contribution in [2.45, 2.75) is 33.9 Å². The molecule has 3 aromatic heterocycles. The lowest BCUT2D eigenvalue weighted by atomic mass is 10.1. The van der Waals surface area contributed by atoms with Crippen molar-refractivity contribution in [3.8, 4) is 0 Å². The highest BCUT2D eigenvalue weighted by Gasteiger charge is 2.17. The van der Waals surface area contributed by atoms with Crippen LogP contribution >= 0.6 is 0 Å². The molecule has 0 atom stereocenters. The predicted octanol–water partition coefficient (Wildman–Crippen LogP) is 3.83. The quantitative estimate of drug-likeness (QED) is 0.556. The summed E-state index contributed by atoms with van der Waals surface area (Å²) in [5.74, 6) is -0.111. The Morgan fingerprint density at radius 2 is 1.89 bits per heavy atom. The van der Waals surface area contributed by atoms with E-state index in [2.05, 4.69) is 41.6 Å². The topological polar surface area (TPSA) is 65.0 Å². The summed E-state index contributed by atoms with van der Waals surface area (Å²) in [7, 11) is 0. The molecule has 0 aliphatic rings. The van der Waals surface area contributed by atoms with E-state index in [4.69, 9.17) is 4.42 Å². The average Bonchev–Trinajstić information content (AvgIpc) is 3.33. The predicted molar refractivity (Wildman–Crippen MR) is 109 cm³/mol. The Hall–Kier alpha value is -3.28. The highest BCUT2D eigenvalue weighted by Crippen LogP contribution is 2.22. The highest BCUT2D eigenvalue weighted by molar-refractivity contribution is 5.97. The number of aromatic nitrogens is 3. The Morgan fingerprint density at radius 1 is 1.11 bits per heavy atom. The van der Waals surface area contributed by atoms with Crippen molar-refractivity contribution in [2.24, 2.45) is 0 Å². The first-order valence-electron chi connectivity index (χ1n) is 9.43. The van der Waals surface area contributed by atoms with Crippen LogP contribution in [0.5, 0.6) is 0 Å². The Balaban J connectivity index is 1.52. The lowest BCUT2D eigenvalue weighted by Crippen LogP contribution is -2.29. The number of aryl methyl sites for hydroxylation is 3. The molecule has 0 aliphatic carbocycles. The number of hydrogen-bond donors (Lipinski definition) is 1. The molecule has 1 N–H and O–H groups in total. The van der Waals surface area contributed by atoms with E-state index in [0.29, 0.717) is 25.3 Å². The fourth-order valence-electron chi connectivity index (χ4n) is 3.48. The van der Waals surface area contributed by atoms with Crippen LogP contribution in [0.4, 0.5) is 0 Å². The molecule has 144 valence electrons. The maximum atomic E-state index is 12.9. The summed E-state index contributed by atoms with van der Waals surface area (Å²) >= 11 is 0. The monoisotopic (exact) mass is 376 g/mol. The second-order valence-electron chi connectivity index (χ2n) is 7.18. The molecule has 0 bridgehead atoms. The number of hydrogen-bond acceptors (Lipinski definition) is 3. The molecule has 3 heterocycles. The number of carbonyl (C=O) groups excluding carboxylic acids is 1. The van der Waals surface area contributed by atoms with Crippen LogP contribution in [0.2, 0.25) is 0 Å². The van der Waals surface area contributed by atoms with Gasteiger partial charge in [0.05, 0.1) is 24.0 Å². The summed E-state index contributed by atoms with van der Waals surface area (Å²) in [6.07, 6.45) is 1.65. The van der Waals surface area contributed by atoms with Gasteiger partial charge in [-0.3, -0.25) is 9.48 Å². The van der Waals surface area contributed by atoms with Crippen LogP contribution in [0.25, 0.3) is 11.1 Å². The number of fused-ring (bicyclic) bond motifs is 1. The summed E-state index contributed by atoms with van der Waals surface area (Å²) in [6.45, 7) is 7.81. The summed E-state index contributed by atoms with van der Waals surface area (Å²) < 4.78 is 9.44. The molecule has 0 radical (unpaired) electrons. The number of rotatable bonds is 6. The molecule has 6 nitrogen and oxygen atoms in total. The molecular formula is C22H24N4O2. The molecule has 0 aliphatic heterocycles. The van der Waals surface area contributed by atoms with Gasteiger partial charge < -0.3 is 14.3 Å². The van der Waals surface area contributed by atoms with Crippen molar-refractivity contribution in [3.05, 3.63) is 76.9 Å². The summed E-state index contributed by atoms with van der Waals surface area (Å²) in [5.41, 5.74) is 6.67. The lowest BCUT2D eigenvalue weighted by molar-refractivity contribution is 0.0943. The van der Waals surface area contributed by atoms with Gasteiger partial charge in [-0.2, -0.15) is 5.10 Å². The molecular weight excluding hydrogens is 352 g/mol. The zero-order valence-corrected chi connectivity index (χ0v) is 16.4. The maximum absolute atomic E-state index is 12.9. The van der Waals surface area contributed by atoms with Crippen LogP contribution in [-0.4, -0.2) is 26.8 Å². The molecule has 6 heteroatoms. The molecule has 0 unspecified atom stereocenters. The van der Waals surface area contributed by atoms with E-state index in [1.807, 2.05) is 41.3 Å². The third kappa shape index (κ3) is 3.58. The fourth-order valence-corrected chi connectivity index (χ4v) is 3.48. The van der Waals surface area contributed by atoms with Crippen molar-refractivity contribution in [1.29, 1.82) is 0 Å². The Labute approximate surface area is 163 Å². The average molecular weight is 376 g/mol. The molecule has 1 aromatic carbocycles. The number of nitrogens with zero attached hydrogens (tertiary/aromatic N) is 3.